The molecule has 5 nitrogen and oxygen atoms in total. The quantitative estimate of drug-likeness (QED) is 0.823. The molecular weight excluding hydrogens is 262 g/mol. The van der Waals surface area contributed by atoms with Crippen molar-refractivity contribution >= 4 is 21.4 Å². The lowest BCUT2D eigenvalue weighted by Gasteiger charge is -2.32. The van der Waals surface area contributed by atoms with E-state index in [0.717, 1.165) is 37.5 Å². The molecule has 0 amide bonds. The van der Waals surface area contributed by atoms with Crippen LogP contribution in [0.2, 0.25) is 0 Å². The maximum atomic E-state index is 11.7. The number of nitrogens with one attached hydrogen (secondary N) is 1. The largest absolute Gasteiger partial charge is 0.398 e. The second kappa shape index (κ2) is 5.38. The highest BCUT2D eigenvalue weighted by Crippen LogP contribution is 2.27. The molecule has 1 aromatic rings. The van der Waals surface area contributed by atoms with Gasteiger partial charge in [-0.25, -0.2) is 13.1 Å². The SMILES string of the molecule is CNS(=O)(=O)c1ccc(N2CCC(C)CC2)cc1N. The van der Waals surface area contributed by atoms with Gasteiger partial charge in [0.15, 0.2) is 0 Å². The molecule has 3 N–H and O–H groups in total. The van der Waals surface area contributed by atoms with Gasteiger partial charge in [-0.15, -0.1) is 0 Å². The molecule has 0 aliphatic carbocycles. The Balaban J connectivity index is 2.24. The molecule has 106 valence electrons. The first-order valence-corrected chi connectivity index (χ1v) is 8.00. The number of nitrogen functional groups attached to an aromatic ring is 1. The fourth-order valence-corrected chi connectivity index (χ4v) is 3.19. The van der Waals surface area contributed by atoms with Crippen LogP contribution in [0, 0.1) is 5.92 Å². The molecule has 1 aromatic carbocycles. The Morgan fingerprint density at radius 3 is 2.47 bits per heavy atom. The van der Waals surface area contributed by atoms with Gasteiger partial charge in [-0.2, -0.15) is 0 Å². The summed E-state index contributed by atoms with van der Waals surface area (Å²) >= 11 is 0. The molecule has 0 aromatic heterocycles. The van der Waals surface area contributed by atoms with Gasteiger partial charge in [0.1, 0.15) is 4.90 Å². The molecule has 0 spiro atoms. The van der Waals surface area contributed by atoms with Crippen molar-refractivity contribution in [2.24, 2.45) is 5.92 Å². The third-order valence-electron chi connectivity index (χ3n) is 3.70. The van der Waals surface area contributed by atoms with E-state index in [1.165, 1.54) is 7.05 Å². The number of hydrogen-bond donors (Lipinski definition) is 2. The van der Waals surface area contributed by atoms with Crippen molar-refractivity contribution in [1.82, 2.24) is 4.72 Å². The summed E-state index contributed by atoms with van der Waals surface area (Å²) in [6.45, 7) is 4.26. The minimum absolute atomic E-state index is 0.143. The number of rotatable bonds is 3. The third kappa shape index (κ3) is 3.01. The van der Waals surface area contributed by atoms with Crippen LogP contribution in [0.5, 0.6) is 0 Å². The Hall–Kier alpha value is -1.27. The molecule has 1 saturated heterocycles. The molecule has 1 aliphatic heterocycles. The van der Waals surface area contributed by atoms with E-state index >= 15 is 0 Å². The molecule has 0 atom stereocenters. The molecule has 0 unspecified atom stereocenters. The van der Waals surface area contributed by atoms with Gasteiger partial charge in [0.05, 0.1) is 5.69 Å². The highest BCUT2D eigenvalue weighted by Gasteiger charge is 2.19. The highest BCUT2D eigenvalue weighted by atomic mass is 32.2. The molecule has 2 rings (SSSR count). The van der Waals surface area contributed by atoms with Crippen molar-refractivity contribution < 1.29 is 8.42 Å². The van der Waals surface area contributed by atoms with E-state index < -0.39 is 10.0 Å². The summed E-state index contributed by atoms with van der Waals surface area (Å²) in [5, 5.41) is 0. The lowest BCUT2D eigenvalue weighted by molar-refractivity contribution is 0.438. The van der Waals surface area contributed by atoms with Gasteiger partial charge < -0.3 is 10.6 Å². The van der Waals surface area contributed by atoms with E-state index in [0.29, 0.717) is 5.69 Å². The zero-order chi connectivity index (χ0) is 14.0. The number of sulfonamides is 1. The first-order valence-electron chi connectivity index (χ1n) is 6.52. The van der Waals surface area contributed by atoms with Gasteiger partial charge in [0.25, 0.3) is 0 Å². The van der Waals surface area contributed by atoms with Gasteiger partial charge in [-0.3, -0.25) is 0 Å². The number of anilines is 2. The number of nitrogens with zero attached hydrogens (tertiary/aromatic N) is 1. The van der Waals surface area contributed by atoms with E-state index in [9.17, 15) is 8.42 Å². The fourth-order valence-electron chi connectivity index (χ4n) is 2.35. The standard InChI is InChI=1S/C13H21N3O2S/c1-10-5-7-16(8-6-10)11-3-4-13(12(14)9-11)19(17,18)15-2/h3-4,9-10,15H,5-8,14H2,1-2H3. The average molecular weight is 283 g/mol. The minimum atomic E-state index is -3.48. The summed E-state index contributed by atoms with van der Waals surface area (Å²) in [6, 6.07) is 5.16. The van der Waals surface area contributed by atoms with Crippen LogP contribution >= 0.6 is 0 Å². The van der Waals surface area contributed by atoms with Gasteiger partial charge in [0, 0.05) is 18.8 Å². The van der Waals surface area contributed by atoms with Crippen molar-refractivity contribution in [3.63, 3.8) is 0 Å². The first-order chi connectivity index (χ1) is 8.94. The second-order valence-electron chi connectivity index (χ2n) is 5.10. The van der Waals surface area contributed by atoms with Gasteiger partial charge in [-0.1, -0.05) is 6.92 Å². The van der Waals surface area contributed by atoms with Gasteiger partial charge in [0.2, 0.25) is 10.0 Å². The maximum Gasteiger partial charge on any atom is 0.242 e. The number of nitrogens with two attached hydrogens (primary N) is 1. The Kier molecular flexibility index (Phi) is 4.01. The Morgan fingerprint density at radius 2 is 1.95 bits per heavy atom. The molecule has 0 bridgehead atoms. The molecule has 1 fully saturated rings. The van der Waals surface area contributed by atoms with Crippen LogP contribution in [0.15, 0.2) is 23.1 Å². The Labute approximate surface area is 114 Å². The van der Waals surface area contributed by atoms with Crippen LogP contribution in [0.1, 0.15) is 19.8 Å². The maximum absolute atomic E-state index is 11.7. The monoisotopic (exact) mass is 283 g/mol. The van der Waals surface area contributed by atoms with Crippen molar-refractivity contribution in [2.75, 3.05) is 30.8 Å². The van der Waals surface area contributed by atoms with Crippen molar-refractivity contribution in [3.8, 4) is 0 Å². The summed E-state index contributed by atoms with van der Waals surface area (Å²) in [7, 11) is -2.10. The molecule has 19 heavy (non-hydrogen) atoms. The van der Waals surface area contributed by atoms with E-state index in [-0.39, 0.29) is 4.90 Å². The van der Waals surface area contributed by atoms with Crippen LogP contribution in [0.3, 0.4) is 0 Å². The second-order valence-corrected chi connectivity index (χ2v) is 6.95. The van der Waals surface area contributed by atoms with Crippen LogP contribution in [0.4, 0.5) is 11.4 Å². The molecule has 6 heteroatoms. The smallest absolute Gasteiger partial charge is 0.242 e. The highest BCUT2D eigenvalue weighted by molar-refractivity contribution is 7.89. The normalized spacial score (nSPS) is 17.7. The fraction of sp³-hybridized carbons (Fsp3) is 0.538. The van der Waals surface area contributed by atoms with E-state index in [1.807, 2.05) is 6.07 Å². The zero-order valence-electron chi connectivity index (χ0n) is 11.4. The van der Waals surface area contributed by atoms with Crippen LogP contribution < -0.4 is 15.4 Å². The zero-order valence-corrected chi connectivity index (χ0v) is 12.2. The van der Waals surface area contributed by atoms with Gasteiger partial charge in [-0.05, 0) is 44.0 Å². The topological polar surface area (TPSA) is 75.4 Å². The summed E-state index contributed by atoms with van der Waals surface area (Å²) < 4.78 is 25.8. The predicted molar refractivity (Wildman–Crippen MR) is 77.7 cm³/mol. The minimum Gasteiger partial charge on any atom is -0.398 e. The lowest BCUT2D eigenvalue weighted by Crippen LogP contribution is -2.32. The van der Waals surface area contributed by atoms with Crippen molar-refractivity contribution in [1.29, 1.82) is 0 Å². The summed E-state index contributed by atoms with van der Waals surface area (Å²) in [6.07, 6.45) is 2.33. The van der Waals surface area contributed by atoms with Crippen LogP contribution in [-0.2, 0) is 10.0 Å². The third-order valence-corrected chi connectivity index (χ3v) is 5.19. The summed E-state index contributed by atoms with van der Waals surface area (Å²) in [5.41, 5.74) is 7.17. The van der Waals surface area contributed by atoms with E-state index in [1.54, 1.807) is 12.1 Å². The van der Waals surface area contributed by atoms with Crippen LogP contribution in [0.25, 0.3) is 0 Å². The first kappa shape index (κ1) is 14.1. The van der Waals surface area contributed by atoms with E-state index in [2.05, 4.69) is 16.5 Å². The van der Waals surface area contributed by atoms with Crippen molar-refractivity contribution in [3.05, 3.63) is 18.2 Å². The van der Waals surface area contributed by atoms with Crippen LogP contribution in [-0.4, -0.2) is 28.6 Å². The summed E-state index contributed by atoms with van der Waals surface area (Å²) in [4.78, 5) is 2.40. The number of hydrogen-bond acceptors (Lipinski definition) is 4. The number of benzene rings is 1. The average Bonchev–Trinajstić information content (AvgIpc) is 2.39. The number of piperidine rings is 1. The molecule has 1 aliphatic rings. The molecular formula is C13H21N3O2S. The lowest BCUT2D eigenvalue weighted by atomic mass is 9.99. The van der Waals surface area contributed by atoms with E-state index in [4.69, 9.17) is 5.73 Å². The Bertz CT molecular complexity index is 549. The molecule has 0 radical (unpaired) electrons. The summed E-state index contributed by atoms with van der Waals surface area (Å²) in [5.74, 6) is 0.762. The Morgan fingerprint density at radius 1 is 1.32 bits per heavy atom. The van der Waals surface area contributed by atoms with Crippen molar-refractivity contribution in [2.45, 2.75) is 24.7 Å². The predicted octanol–water partition coefficient (Wildman–Crippen LogP) is 1.41. The molecule has 0 saturated carbocycles. The van der Waals surface area contributed by atoms with Gasteiger partial charge >= 0.3 is 0 Å². The molecule has 1 heterocycles.